The topological polar surface area (TPSA) is 84.5 Å². The number of carbonyl (C=O) groups is 3. The molecule has 1 aromatic carbocycles. The first-order valence-electron chi connectivity index (χ1n) is 9.12. The molecule has 0 bridgehead atoms. The zero-order valence-electron chi connectivity index (χ0n) is 16.1. The summed E-state index contributed by atoms with van der Waals surface area (Å²) in [7, 11) is 1.33. The zero-order valence-corrected chi connectivity index (χ0v) is 16.1. The first-order valence-corrected chi connectivity index (χ1v) is 9.12. The summed E-state index contributed by atoms with van der Waals surface area (Å²) >= 11 is 0. The average Bonchev–Trinajstić information content (AvgIpc) is 2.63. The molecule has 0 saturated heterocycles. The van der Waals surface area contributed by atoms with E-state index in [4.69, 9.17) is 4.74 Å². The summed E-state index contributed by atoms with van der Waals surface area (Å²) in [5.74, 6) is -1.03. The summed E-state index contributed by atoms with van der Waals surface area (Å²) in [6.07, 6.45) is 2.67. The Morgan fingerprint density at radius 2 is 1.73 bits per heavy atom. The van der Waals surface area contributed by atoms with Crippen LogP contribution in [-0.4, -0.2) is 37.0 Å². The number of carbonyl (C=O) groups excluding carboxylic acids is 3. The third-order valence-electron chi connectivity index (χ3n) is 4.16. The van der Waals surface area contributed by atoms with E-state index in [1.165, 1.54) is 7.11 Å². The van der Waals surface area contributed by atoms with Crippen LogP contribution in [0.4, 0.5) is 0 Å². The molecule has 26 heavy (non-hydrogen) atoms. The second-order valence-corrected chi connectivity index (χ2v) is 6.69. The Morgan fingerprint density at radius 1 is 1.08 bits per heavy atom. The number of hydrogen-bond donors (Lipinski definition) is 2. The highest BCUT2D eigenvalue weighted by atomic mass is 16.5. The second-order valence-electron chi connectivity index (χ2n) is 6.69. The van der Waals surface area contributed by atoms with Gasteiger partial charge in [-0.2, -0.15) is 0 Å². The number of benzene rings is 1. The number of esters is 1. The van der Waals surface area contributed by atoms with Crippen molar-refractivity contribution in [2.24, 2.45) is 5.92 Å². The van der Waals surface area contributed by atoms with Crippen molar-refractivity contribution >= 4 is 17.8 Å². The van der Waals surface area contributed by atoms with Gasteiger partial charge < -0.3 is 15.4 Å². The number of nitrogens with one attached hydrogen (secondary N) is 2. The van der Waals surface area contributed by atoms with Crippen molar-refractivity contribution in [2.45, 2.75) is 58.5 Å². The Bertz CT molecular complexity index is 587. The van der Waals surface area contributed by atoms with Crippen LogP contribution in [0.2, 0.25) is 0 Å². The largest absolute Gasteiger partial charge is 0.469 e. The predicted octanol–water partition coefficient (Wildman–Crippen LogP) is 2.68. The maximum absolute atomic E-state index is 12.7. The van der Waals surface area contributed by atoms with Gasteiger partial charge in [0.2, 0.25) is 5.91 Å². The molecule has 2 atom stereocenters. The van der Waals surface area contributed by atoms with Gasteiger partial charge in [-0.05, 0) is 24.5 Å². The number of methoxy groups -OCH3 is 1. The van der Waals surface area contributed by atoms with Gasteiger partial charge in [0.15, 0.2) is 0 Å². The van der Waals surface area contributed by atoms with Crippen molar-refractivity contribution in [1.29, 1.82) is 0 Å². The number of rotatable bonds is 10. The summed E-state index contributed by atoms with van der Waals surface area (Å²) in [6.45, 7) is 5.79. The van der Waals surface area contributed by atoms with Crippen molar-refractivity contribution in [3.8, 4) is 0 Å². The molecular formula is C20H30N2O4. The van der Waals surface area contributed by atoms with E-state index in [2.05, 4.69) is 10.6 Å². The highest BCUT2D eigenvalue weighted by Gasteiger charge is 2.27. The zero-order chi connectivity index (χ0) is 19.5. The van der Waals surface area contributed by atoms with Gasteiger partial charge in [0, 0.05) is 11.6 Å². The molecule has 1 rings (SSSR count). The lowest BCUT2D eigenvalue weighted by atomic mass is 10.0. The summed E-state index contributed by atoms with van der Waals surface area (Å²) in [5, 5.41) is 5.69. The van der Waals surface area contributed by atoms with E-state index >= 15 is 0 Å². The summed E-state index contributed by atoms with van der Waals surface area (Å²) in [5.41, 5.74) is 0.503. The molecule has 6 heteroatoms. The number of hydrogen-bond acceptors (Lipinski definition) is 4. The van der Waals surface area contributed by atoms with Gasteiger partial charge in [0.05, 0.1) is 13.5 Å². The number of unbranched alkanes of at least 4 members (excludes halogenated alkanes) is 1. The average molecular weight is 362 g/mol. The van der Waals surface area contributed by atoms with Crippen LogP contribution in [0.1, 0.15) is 56.8 Å². The Hall–Kier alpha value is -2.37. The summed E-state index contributed by atoms with van der Waals surface area (Å²) in [6, 6.07) is 7.80. The quantitative estimate of drug-likeness (QED) is 0.627. The van der Waals surface area contributed by atoms with E-state index in [0.29, 0.717) is 12.0 Å². The minimum absolute atomic E-state index is 0.0902. The molecular weight excluding hydrogens is 332 g/mol. The minimum atomic E-state index is -0.676. The highest BCUT2D eigenvalue weighted by molar-refractivity contribution is 5.97. The molecule has 0 unspecified atom stereocenters. The Kier molecular flexibility index (Phi) is 9.41. The van der Waals surface area contributed by atoms with Gasteiger partial charge in [-0.15, -0.1) is 0 Å². The molecule has 1 aromatic rings. The van der Waals surface area contributed by atoms with Crippen LogP contribution >= 0.6 is 0 Å². The molecule has 0 aliphatic rings. The molecule has 2 N–H and O–H groups in total. The molecule has 0 saturated carbocycles. The van der Waals surface area contributed by atoms with E-state index < -0.39 is 6.04 Å². The van der Waals surface area contributed by atoms with Crippen molar-refractivity contribution in [2.75, 3.05) is 7.11 Å². The fraction of sp³-hybridized carbons (Fsp3) is 0.550. The van der Waals surface area contributed by atoms with Gasteiger partial charge in [0.25, 0.3) is 5.91 Å². The molecule has 0 heterocycles. The monoisotopic (exact) mass is 362 g/mol. The van der Waals surface area contributed by atoms with E-state index in [1.54, 1.807) is 24.3 Å². The fourth-order valence-corrected chi connectivity index (χ4v) is 2.60. The standard InChI is InChI=1S/C20H30N2O4/c1-5-6-12-16(13-17(23)26-4)21-20(25)18(14(2)3)22-19(24)15-10-8-7-9-11-15/h7-11,14,16,18H,5-6,12-13H2,1-4H3,(H,21,25)(H,22,24)/t16-,18+/m0/s1. The summed E-state index contributed by atoms with van der Waals surface area (Å²) < 4.78 is 4.71. The van der Waals surface area contributed by atoms with Crippen LogP contribution in [0.25, 0.3) is 0 Å². The van der Waals surface area contributed by atoms with E-state index in [0.717, 1.165) is 12.8 Å². The van der Waals surface area contributed by atoms with Gasteiger partial charge >= 0.3 is 5.97 Å². The Labute approximate surface area is 155 Å². The normalized spacial score (nSPS) is 13.0. The second kappa shape index (κ2) is 11.3. The minimum Gasteiger partial charge on any atom is -0.469 e. The van der Waals surface area contributed by atoms with Crippen LogP contribution in [0.3, 0.4) is 0 Å². The maximum atomic E-state index is 12.7. The molecule has 0 aliphatic heterocycles. The van der Waals surface area contributed by atoms with Gasteiger partial charge in [-0.3, -0.25) is 14.4 Å². The molecule has 144 valence electrons. The lowest BCUT2D eigenvalue weighted by molar-refractivity contribution is -0.141. The smallest absolute Gasteiger partial charge is 0.307 e. The third kappa shape index (κ3) is 7.25. The van der Waals surface area contributed by atoms with Crippen molar-refractivity contribution in [3.63, 3.8) is 0 Å². The van der Waals surface area contributed by atoms with E-state index in [9.17, 15) is 14.4 Å². The predicted molar refractivity (Wildman–Crippen MR) is 101 cm³/mol. The maximum Gasteiger partial charge on any atom is 0.307 e. The summed E-state index contributed by atoms with van der Waals surface area (Å²) in [4.78, 5) is 36.7. The molecule has 2 amide bonds. The van der Waals surface area contributed by atoms with Crippen LogP contribution < -0.4 is 10.6 Å². The Morgan fingerprint density at radius 3 is 2.27 bits per heavy atom. The molecule has 6 nitrogen and oxygen atoms in total. The highest BCUT2D eigenvalue weighted by Crippen LogP contribution is 2.10. The number of ether oxygens (including phenoxy) is 1. The fourth-order valence-electron chi connectivity index (χ4n) is 2.60. The van der Waals surface area contributed by atoms with E-state index in [1.807, 2.05) is 26.8 Å². The first kappa shape index (κ1) is 21.7. The first-order chi connectivity index (χ1) is 12.4. The number of amides is 2. The van der Waals surface area contributed by atoms with Crippen LogP contribution in [0.15, 0.2) is 30.3 Å². The van der Waals surface area contributed by atoms with Crippen molar-refractivity contribution in [1.82, 2.24) is 10.6 Å². The van der Waals surface area contributed by atoms with Crippen molar-refractivity contribution < 1.29 is 19.1 Å². The molecule has 0 radical (unpaired) electrons. The third-order valence-corrected chi connectivity index (χ3v) is 4.16. The van der Waals surface area contributed by atoms with Crippen LogP contribution in [0.5, 0.6) is 0 Å². The van der Waals surface area contributed by atoms with Gasteiger partial charge in [-0.1, -0.05) is 51.8 Å². The van der Waals surface area contributed by atoms with Gasteiger partial charge in [-0.25, -0.2) is 0 Å². The van der Waals surface area contributed by atoms with Gasteiger partial charge in [0.1, 0.15) is 6.04 Å². The molecule has 0 aliphatic carbocycles. The molecule has 0 fully saturated rings. The molecule has 0 aromatic heterocycles. The molecule has 0 spiro atoms. The SMILES string of the molecule is CCCC[C@@H](CC(=O)OC)NC(=O)[C@H](NC(=O)c1ccccc1)C(C)C. The van der Waals surface area contributed by atoms with Crippen LogP contribution in [0, 0.1) is 5.92 Å². The lowest BCUT2D eigenvalue weighted by Crippen LogP contribution is -2.52. The van der Waals surface area contributed by atoms with Crippen molar-refractivity contribution in [3.05, 3.63) is 35.9 Å². The van der Waals surface area contributed by atoms with E-state index in [-0.39, 0.29) is 36.2 Å². The lowest BCUT2D eigenvalue weighted by Gasteiger charge is -2.25. The Balaban J connectivity index is 2.78. The van der Waals surface area contributed by atoms with Crippen LogP contribution in [-0.2, 0) is 14.3 Å².